The predicted molar refractivity (Wildman–Crippen MR) is 83.9 cm³/mol. The molecule has 21 heavy (non-hydrogen) atoms. The molecular weight excluding hydrogens is 284 g/mol. The Morgan fingerprint density at radius 2 is 1.81 bits per heavy atom. The van der Waals surface area contributed by atoms with Crippen molar-refractivity contribution >= 4 is 10.0 Å². The number of nitrogens with one attached hydrogen (secondary N) is 1. The van der Waals surface area contributed by atoms with E-state index in [1.54, 1.807) is 4.31 Å². The molecule has 0 saturated carbocycles. The molecule has 0 aromatic heterocycles. The summed E-state index contributed by atoms with van der Waals surface area (Å²) in [5, 5.41) is 3.35. The Bertz CT molecular complexity index is 631. The molecule has 2 aliphatic heterocycles. The van der Waals surface area contributed by atoms with E-state index in [2.05, 4.69) is 5.32 Å². The number of hydrogen-bond acceptors (Lipinski definition) is 3. The minimum atomic E-state index is -3.40. The summed E-state index contributed by atoms with van der Waals surface area (Å²) in [4.78, 5) is 0.514. The quantitative estimate of drug-likeness (QED) is 0.909. The Morgan fingerprint density at radius 1 is 1.14 bits per heavy atom. The van der Waals surface area contributed by atoms with Gasteiger partial charge in [0, 0.05) is 19.1 Å². The summed E-state index contributed by atoms with van der Waals surface area (Å²) in [6.07, 6.45) is 2.10. The highest BCUT2D eigenvalue weighted by Gasteiger charge is 2.42. The average molecular weight is 308 g/mol. The fourth-order valence-corrected chi connectivity index (χ4v) is 6.15. The first-order chi connectivity index (χ1) is 9.91. The molecule has 3 rings (SSSR count). The van der Waals surface area contributed by atoms with Crippen LogP contribution in [-0.4, -0.2) is 38.4 Å². The van der Waals surface area contributed by atoms with E-state index in [0.717, 1.165) is 42.6 Å². The third kappa shape index (κ3) is 2.51. The van der Waals surface area contributed by atoms with Gasteiger partial charge in [-0.2, -0.15) is 4.31 Å². The predicted octanol–water partition coefficient (Wildman–Crippen LogP) is 1.98. The number of hydrogen-bond donors (Lipinski definition) is 1. The Kier molecular flexibility index (Phi) is 3.84. The van der Waals surface area contributed by atoms with Crippen LogP contribution in [0.4, 0.5) is 0 Å². The summed E-state index contributed by atoms with van der Waals surface area (Å²) < 4.78 is 28.1. The summed E-state index contributed by atoms with van der Waals surface area (Å²) >= 11 is 0. The van der Waals surface area contributed by atoms with E-state index in [0.29, 0.717) is 17.4 Å². The largest absolute Gasteiger partial charge is 0.315 e. The summed E-state index contributed by atoms with van der Waals surface area (Å²) in [6, 6.07) is 4.06. The lowest BCUT2D eigenvalue weighted by Gasteiger charge is -2.36. The van der Waals surface area contributed by atoms with Crippen LogP contribution in [0.15, 0.2) is 17.0 Å². The summed E-state index contributed by atoms with van der Waals surface area (Å²) in [6.45, 7) is 8.20. The van der Waals surface area contributed by atoms with Crippen molar-refractivity contribution in [1.82, 2.24) is 9.62 Å². The molecule has 5 heteroatoms. The average Bonchev–Trinajstić information content (AvgIpc) is 2.84. The van der Waals surface area contributed by atoms with Crippen LogP contribution in [0.5, 0.6) is 0 Å². The van der Waals surface area contributed by atoms with Gasteiger partial charge in [0.2, 0.25) is 10.0 Å². The zero-order valence-corrected chi connectivity index (χ0v) is 13.8. The number of sulfonamides is 1. The summed E-state index contributed by atoms with van der Waals surface area (Å²) in [5.41, 5.74) is 2.84. The van der Waals surface area contributed by atoms with E-state index in [1.165, 1.54) is 0 Å². The molecule has 2 aliphatic rings. The highest BCUT2D eigenvalue weighted by Crippen LogP contribution is 2.33. The van der Waals surface area contributed by atoms with Gasteiger partial charge in [-0.25, -0.2) is 8.42 Å². The topological polar surface area (TPSA) is 49.4 Å². The van der Waals surface area contributed by atoms with Crippen LogP contribution in [0, 0.1) is 26.7 Å². The second-order valence-corrected chi connectivity index (χ2v) is 8.30. The maximum Gasteiger partial charge on any atom is 0.243 e. The van der Waals surface area contributed by atoms with E-state index in [9.17, 15) is 8.42 Å². The highest BCUT2D eigenvalue weighted by molar-refractivity contribution is 7.89. The molecular formula is C16H24N2O2S. The van der Waals surface area contributed by atoms with Crippen molar-refractivity contribution in [2.24, 2.45) is 5.92 Å². The number of benzene rings is 1. The lowest BCUT2D eigenvalue weighted by molar-refractivity contribution is 0.217. The van der Waals surface area contributed by atoms with Crippen LogP contribution in [0.3, 0.4) is 0 Å². The van der Waals surface area contributed by atoms with Gasteiger partial charge in [-0.05, 0) is 57.2 Å². The van der Waals surface area contributed by atoms with E-state index in [4.69, 9.17) is 0 Å². The Balaban J connectivity index is 2.04. The van der Waals surface area contributed by atoms with Gasteiger partial charge in [-0.1, -0.05) is 17.7 Å². The minimum Gasteiger partial charge on any atom is -0.315 e. The van der Waals surface area contributed by atoms with E-state index < -0.39 is 10.0 Å². The number of fused-ring (bicyclic) bond motifs is 1. The van der Waals surface area contributed by atoms with E-state index in [-0.39, 0.29) is 6.04 Å². The molecule has 4 nitrogen and oxygen atoms in total. The van der Waals surface area contributed by atoms with Gasteiger partial charge in [0.15, 0.2) is 0 Å². The molecule has 2 heterocycles. The molecule has 0 amide bonds. The first kappa shape index (κ1) is 15.0. The SMILES string of the molecule is Cc1cc(C)c(S(=O)(=O)N2CCCC3CNCC32)c(C)c1. The first-order valence-electron chi connectivity index (χ1n) is 7.71. The molecule has 2 atom stereocenters. The third-order valence-electron chi connectivity index (χ3n) is 4.80. The van der Waals surface area contributed by atoms with Gasteiger partial charge in [-0.15, -0.1) is 0 Å². The van der Waals surface area contributed by atoms with Crippen molar-refractivity contribution in [3.8, 4) is 0 Å². The second kappa shape index (κ2) is 5.38. The zero-order valence-electron chi connectivity index (χ0n) is 13.0. The normalized spacial score (nSPS) is 26.8. The van der Waals surface area contributed by atoms with Crippen LogP contribution >= 0.6 is 0 Å². The van der Waals surface area contributed by atoms with Crippen molar-refractivity contribution in [2.45, 2.75) is 44.6 Å². The molecule has 2 unspecified atom stereocenters. The van der Waals surface area contributed by atoms with Crippen LogP contribution in [-0.2, 0) is 10.0 Å². The van der Waals surface area contributed by atoms with E-state index >= 15 is 0 Å². The molecule has 0 bridgehead atoms. The molecule has 0 spiro atoms. The van der Waals surface area contributed by atoms with Crippen molar-refractivity contribution in [2.75, 3.05) is 19.6 Å². The van der Waals surface area contributed by atoms with Crippen LogP contribution in [0.1, 0.15) is 29.5 Å². The smallest absolute Gasteiger partial charge is 0.243 e. The molecule has 1 aromatic carbocycles. The lowest BCUT2D eigenvalue weighted by Crippen LogP contribution is -2.48. The lowest BCUT2D eigenvalue weighted by atomic mass is 9.94. The van der Waals surface area contributed by atoms with Gasteiger partial charge in [0.1, 0.15) is 0 Å². The molecule has 2 saturated heterocycles. The number of piperidine rings is 1. The maximum absolute atomic E-state index is 13.2. The maximum atomic E-state index is 13.2. The summed E-state index contributed by atoms with van der Waals surface area (Å²) in [7, 11) is -3.40. The molecule has 116 valence electrons. The Morgan fingerprint density at radius 3 is 2.48 bits per heavy atom. The van der Waals surface area contributed by atoms with Gasteiger partial charge in [-0.3, -0.25) is 0 Å². The first-order valence-corrected chi connectivity index (χ1v) is 9.15. The zero-order chi connectivity index (χ0) is 15.2. The van der Waals surface area contributed by atoms with Crippen molar-refractivity contribution < 1.29 is 8.42 Å². The standard InChI is InChI=1S/C16H24N2O2S/c1-11-7-12(2)16(13(3)8-11)21(19,20)18-6-4-5-14-9-17-10-15(14)18/h7-8,14-15,17H,4-6,9-10H2,1-3H3. The second-order valence-electron chi connectivity index (χ2n) is 6.47. The highest BCUT2D eigenvalue weighted by atomic mass is 32.2. The molecule has 2 fully saturated rings. The van der Waals surface area contributed by atoms with Gasteiger partial charge >= 0.3 is 0 Å². The molecule has 0 aliphatic carbocycles. The van der Waals surface area contributed by atoms with Crippen LogP contribution in [0.2, 0.25) is 0 Å². The van der Waals surface area contributed by atoms with Gasteiger partial charge in [0.05, 0.1) is 4.90 Å². The third-order valence-corrected chi connectivity index (χ3v) is 7.03. The van der Waals surface area contributed by atoms with Gasteiger partial charge in [0.25, 0.3) is 0 Å². The minimum absolute atomic E-state index is 0.129. The van der Waals surface area contributed by atoms with Crippen molar-refractivity contribution in [3.05, 3.63) is 28.8 Å². The Labute approximate surface area is 127 Å². The number of aryl methyl sites for hydroxylation is 3. The van der Waals surface area contributed by atoms with Crippen LogP contribution < -0.4 is 5.32 Å². The fourth-order valence-electron chi connectivity index (χ4n) is 4.02. The van der Waals surface area contributed by atoms with Crippen molar-refractivity contribution in [3.63, 3.8) is 0 Å². The number of rotatable bonds is 2. The Hall–Kier alpha value is -0.910. The molecule has 0 radical (unpaired) electrons. The molecule has 1 aromatic rings. The summed E-state index contributed by atoms with van der Waals surface area (Å²) in [5.74, 6) is 0.472. The molecule has 1 N–H and O–H groups in total. The van der Waals surface area contributed by atoms with E-state index in [1.807, 2.05) is 32.9 Å². The van der Waals surface area contributed by atoms with Crippen LogP contribution in [0.25, 0.3) is 0 Å². The van der Waals surface area contributed by atoms with Crippen molar-refractivity contribution in [1.29, 1.82) is 0 Å². The van der Waals surface area contributed by atoms with Gasteiger partial charge < -0.3 is 5.32 Å². The monoisotopic (exact) mass is 308 g/mol. The fraction of sp³-hybridized carbons (Fsp3) is 0.625. The number of nitrogens with zero attached hydrogens (tertiary/aromatic N) is 1.